The van der Waals surface area contributed by atoms with Gasteiger partial charge in [-0.1, -0.05) is 18.2 Å². The Hall–Kier alpha value is -1.65. The molecule has 0 saturated carbocycles. The zero-order valence-electron chi connectivity index (χ0n) is 9.63. The predicted molar refractivity (Wildman–Crippen MR) is 67.1 cm³/mol. The third-order valence-corrected chi connectivity index (χ3v) is 3.11. The number of benzene rings is 1. The fourth-order valence-electron chi connectivity index (χ4n) is 1.98. The molecule has 0 atom stereocenters. The van der Waals surface area contributed by atoms with Crippen molar-refractivity contribution in [3.05, 3.63) is 48.3 Å². The molecule has 0 aliphatic carbocycles. The van der Waals surface area contributed by atoms with Crippen molar-refractivity contribution >= 4 is 0 Å². The van der Waals surface area contributed by atoms with Crippen molar-refractivity contribution in [1.82, 2.24) is 20.4 Å². The quantitative estimate of drug-likeness (QED) is 0.818. The van der Waals surface area contributed by atoms with E-state index in [0.717, 1.165) is 25.3 Å². The van der Waals surface area contributed by atoms with Gasteiger partial charge in [0.05, 0.1) is 5.69 Å². The first kappa shape index (κ1) is 10.5. The van der Waals surface area contributed by atoms with Crippen LogP contribution in [0.25, 0.3) is 5.69 Å². The first-order valence-corrected chi connectivity index (χ1v) is 5.95. The van der Waals surface area contributed by atoms with Crippen LogP contribution in [-0.4, -0.2) is 28.9 Å². The van der Waals surface area contributed by atoms with Crippen LogP contribution < -0.4 is 10.6 Å². The second-order valence-electron chi connectivity index (χ2n) is 4.32. The molecule has 17 heavy (non-hydrogen) atoms. The van der Waals surface area contributed by atoms with Crippen LogP contribution in [0, 0.1) is 0 Å². The van der Waals surface area contributed by atoms with Crippen molar-refractivity contribution in [3.63, 3.8) is 0 Å². The van der Waals surface area contributed by atoms with E-state index in [-0.39, 0.29) is 0 Å². The second-order valence-corrected chi connectivity index (χ2v) is 4.32. The normalized spacial score (nSPS) is 15.8. The molecular formula is C13H16N4. The summed E-state index contributed by atoms with van der Waals surface area (Å²) < 4.78 is 1.91. The van der Waals surface area contributed by atoms with E-state index >= 15 is 0 Å². The molecule has 2 heterocycles. The topological polar surface area (TPSA) is 41.9 Å². The van der Waals surface area contributed by atoms with Gasteiger partial charge < -0.3 is 10.6 Å². The molecule has 1 aliphatic heterocycles. The summed E-state index contributed by atoms with van der Waals surface area (Å²) in [6, 6.07) is 10.9. The Morgan fingerprint density at radius 1 is 1.29 bits per heavy atom. The van der Waals surface area contributed by atoms with Crippen LogP contribution in [0.15, 0.2) is 42.7 Å². The minimum atomic E-state index is 0.612. The summed E-state index contributed by atoms with van der Waals surface area (Å²) in [6.07, 6.45) is 3.78. The monoisotopic (exact) mass is 228 g/mol. The summed E-state index contributed by atoms with van der Waals surface area (Å²) in [5, 5.41) is 11.1. The van der Waals surface area contributed by atoms with E-state index in [1.807, 2.05) is 23.0 Å². The lowest BCUT2D eigenvalue weighted by atomic mass is 10.1. The molecule has 0 spiro atoms. The Morgan fingerprint density at radius 2 is 2.18 bits per heavy atom. The fraction of sp³-hybridized carbons (Fsp3) is 0.308. The molecule has 0 radical (unpaired) electrons. The maximum absolute atomic E-state index is 4.28. The Balaban J connectivity index is 1.78. The van der Waals surface area contributed by atoms with Crippen molar-refractivity contribution < 1.29 is 0 Å². The first-order valence-electron chi connectivity index (χ1n) is 5.95. The van der Waals surface area contributed by atoms with E-state index in [0.29, 0.717) is 6.04 Å². The number of para-hydroxylation sites is 1. The Bertz CT molecular complexity index is 474. The molecule has 1 aromatic carbocycles. The summed E-state index contributed by atoms with van der Waals surface area (Å²) in [5.41, 5.74) is 2.43. The van der Waals surface area contributed by atoms with Crippen LogP contribution in [-0.2, 0) is 6.54 Å². The van der Waals surface area contributed by atoms with E-state index in [1.54, 1.807) is 6.20 Å². The molecule has 0 unspecified atom stereocenters. The number of hydrogen-bond donors (Lipinski definition) is 2. The maximum Gasteiger partial charge on any atom is 0.0690 e. The van der Waals surface area contributed by atoms with Gasteiger partial charge in [-0.05, 0) is 17.7 Å². The molecule has 2 aromatic rings. The van der Waals surface area contributed by atoms with Gasteiger partial charge in [0, 0.05) is 38.1 Å². The molecule has 0 amide bonds. The minimum absolute atomic E-state index is 0.612. The van der Waals surface area contributed by atoms with Crippen molar-refractivity contribution in [3.8, 4) is 5.69 Å². The largest absolute Gasteiger partial charge is 0.314 e. The Morgan fingerprint density at radius 3 is 2.88 bits per heavy atom. The highest BCUT2D eigenvalue weighted by molar-refractivity contribution is 5.40. The van der Waals surface area contributed by atoms with Gasteiger partial charge in [0.25, 0.3) is 0 Å². The molecule has 4 nitrogen and oxygen atoms in total. The Kier molecular flexibility index (Phi) is 2.90. The number of nitrogens with one attached hydrogen (secondary N) is 2. The average molecular weight is 228 g/mol. The van der Waals surface area contributed by atoms with Gasteiger partial charge in [0.15, 0.2) is 0 Å². The lowest BCUT2D eigenvalue weighted by molar-refractivity contribution is 0.365. The average Bonchev–Trinajstić information content (AvgIpc) is 2.81. The summed E-state index contributed by atoms with van der Waals surface area (Å²) in [7, 11) is 0. The van der Waals surface area contributed by atoms with Crippen LogP contribution in [0.5, 0.6) is 0 Å². The van der Waals surface area contributed by atoms with E-state index in [1.165, 1.54) is 5.56 Å². The maximum atomic E-state index is 4.28. The van der Waals surface area contributed by atoms with Gasteiger partial charge in [0.2, 0.25) is 0 Å². The molecule has 1 saturated heterocycles. The lowest BCUT2D eigenvalue weighted by Gasteiger charge is -2.28. The summed E-state index contributed by atoms with van der Waals surface area (Å²) in [4.78, 5) is 0. The van der Waals surface area contributed by atoms with Gasteiger partial charge in [0.1, 0.15) is 0 Å². The first-order chi connectivity index (χ1) is 8.43. The summed E-state index contributed by atoms with van der Waals surface area (Å²) in [5.74, 6) is 0. The van der Waals surface area contributed by atoms with Crippen LogP contribution in [0.3, 0.4) is 0 Å². The van der Waals surface area contributed by atoms with Crippen LogP contribution in [0.2, 0.25) is 0 Å². The van der Waals surface area contributed by atoms with Crippen molar-refractivity contribution in [1.29, 1.82) is 0 Å². The molecule has 1 fully saturated rings. The highest BCUT2D eigenvalue weighted by Crippen LogP contribution is 2.13. The number of nitrogens with zero attached hydrogens (tertiary/aromatic N) is 2. The van der Waals surface area contributed by atoms with E-state index in [9.17, 15) is 0 Å². The number of aromatic nitrogens is 2. The van der Waals surface area contributed by atoms with Gasteiger partial charge >= 0.3 is 0 Å². The molecule has 3 rings (SSSR count). The Labute approximate surface area is 101 Å². The third kappa shape index (κ3) is 2.23. The van der Waals surface area contributed by atoms with Crippen LogP contribution in [0.1, 0.15) is 5.56 Å². The lowest BCUT2D eigenvalue weighted by Crippen LogP contribution is -2.55. The molecule has 2 N–H and O–H groups in total. The fourth-order valence-corrected chi connectivity index (χ4v) is 1.98. The molecule has 4 heteroatoms. The number of hydrogen-bond acceptors (Lipinski definition) is 3. The van der Waals surface area contributed by atoms with Gasteiger partial charge in [-0.25, -0.2) is 4.68 Å². The van der Waals surface area contributed by atoms with Crippen molar-refractivity contribution in [2.75, 3.05) is 13.1 Å². The smallest absolute Gasteiger partial charge is 0.0690 e. The summed E-state index contributed by atoms with van der Waals surface area (Å²) in [6.45, 7) is 3.04. The summed E-state index contributed by atoms with van der Waals surface area (Å²) >= 11 is 0. The van der Waals surface area contributed by atoms with Crippen molar-refractivity contribution in [2.24, 2.45) is 0 Å². The highest BCUT2D eigenvalue weighted by Gasteiger charge is 2.15. The van der Waals surface area contributed by atoms with Crippen LogP contribution >= 0.6 is 0 Å². The van der Waals surface area contributed by atoms with E-state index in [2.05, 4.69) is 33.9 Å². The predicted octanol–water partition coefficient (Wildman–Crippen LogP) is 0.934. The van der Waals surface area contributed by atoms with Gasteiger partial charge in [-0.3, -0.25) is 0 Å². The van der Waals surface area contributed by atoms with Gasteiger partial charge in [-0.2, -0.15) is 5.10 Å². The standard InChI is InChI=1S/C13H16N4/c1-2-5-13(17-7-3-6-16-17)11(4-1)8-15-12-9-14-10-12/h1-7,12,14-15H,8-10H2. The zero-order chi connectivity index (χ0) is 11.5. The van der Waals surface area contributed by atoms with E-state index < -0.39 is 0 Å². The molecular weight excluding hydrogens is 212 g/mol. The molecule has 1 aromatic heterocycles. The molecule has 0 bridgehead atoms. The van der Waals surface area contributed by atoms with Crippen molar-refractivity contribution in [2.45, 2.75) is 12.6 Å². The molecule has 88 valence electrons. The van der Waals surface area contributed by atoms with Gasteiger partial charge in [-0.15, -0.1) is 0 Å². The van der Waals surface area contributed by atoms with E-state index in [4.69, 9.17) is 0 Å². The minimum Gasteiger partial charge on any atom is -0.314 e. The molecule has 1 aliphatic rings. The zero-order valence-corrected chi connectivity index (χ0v) is 9.63. The highest BCUT2D eigenvalue weighted by atomic mass is 15.3. The van der Waals surface area contributed by atoms with Crippen LogP contribution in [0.4, 0.5) is 0 Å². The third-order valence-electron chi connectivity index (χ3n) is 3.11. The second kappa shape index (κ2) is 4.69. The number of rotatable bonds is 4. The SMILES string of the molecule is c1ccc(-n2cccn2)c(CNC2CNC2)c1.